The summed E-state index contributed by atoms with van der Waals surface area (Å²) in [6.45, 7) is 0.284. The van der Waals surface area contributed by atoms with Gasteiger partial charge in [0.25, 0.3) is 5.91 Å². The second kappa shape index (κ2) is 9.80. The molecule has 0 saturated heterocycles. The summed E-state index contributed by atoms with van der Waals surface area (Å²) in [5.41, 5.74) is 3.79. The molecule has 0 saturated carbocycles. The molecule has 0 atom stereocenters. The molecule has 0 aliphatic carbocycles. The van der Waals surface area contributed by atoms with Gasteiger partial charge in [0.1, 0.15) is 13.0 Å². The maximum Gasteiger partial charge on any atom is 0.254 e. The van der Waals surface area contributed by atoms with Crippen LogP contribution in [0.25, 0.3) is 0 Å². The van der Waals surface area contributed by atoms with E-state index >= 15 is 0 Å². The van der Waals surface area contributed by atoms with Gasteiger partial charge in [0, 0.05) is 10.6 Å². The molecule has 0 aromatic heterocycles. The lowest BCUT2D eigenvalue weighted by molar-refractivity contribution is -0.120. The van der Waals surface area contributed by atoms with Crippen LogP contribution < -0.4 is 14.9 Å². The fraction of sp³-hybridized carbons (Fsp3) is 0.167. The SMILES string of the molecule is COc1cc(/C=N\NC(=O)CC#N)cc(Br)c1OCc1ccccc1Cl. The number of nitrogens with zero attached hydrogens (tertiary/aromatic N) is 2. The maximum absolute atomic E-state index is 11.2. The number of methoxy groups -OCH3 is 1. The van der Waals surface area contributed by atoms with E-state index in [1.54, 1.807) is 24.3 Å². The Balaban J connectivity index is 2.13. The van der Waals surface area contributed by atoms with Crippen molar-refractivity contribution in [1.82, 2.24) is 5.43 Å². The van der Waals surface area contributed by atoms with Gasteiger partial charge >= 0.3 is 0 Å². The molecular weight excluding hydrogens is 422 g/mol. The molecule has 0 heterocycles. The van der Waals surface area contributed by atoms with Gasteiger partial charge in [-0.25, -0.2) is 5.43 Å². The van der Waals surface area contributed by atoms with Crippen molar-refractivity contribution in [2.75, 3.05) is 7.11 Å². The van der Waals surface area contributed by atoms with Crippen LogP contribution in [0.15, 0.2) is 46.0 Å². The van der Waals surface area contributed by atoms with Crippen molar-refractivity contribution in [1.29, 1.82) is 5.26 Å². The van der Waals surface area contributed by atoms with Gasteiger partial charge in [-0.1, -0.05) is 29.8 Å². The molecule has 0 aliphatic rings. The molecule has 26 heavy (non-hydrogen) atoms. The van der Waals surface area contributed by atoms with Crippen molar-refractivity contribution >= 4 is 39.7 Å². The van der Waals surface area contributed by atoms with Crippen LogP contribution in [-0.4, -0.2) is 19.2 Å². The van der Waals surface area contributed by atoms with Crippen molar-refractivity contribution in [2.45, 2.75) is 13.0 Å². The second-order valence-corrected chi connectivity index (χ2v) is 6.30. The number of amides is 1. The number of halogens is 2. The first-order valence-electron chi connectivity index (χ1n) is 7.47. The minimum Gasteiger partial charge on any atom is -0.493 e. The average Bonchev–Trinajstić information content (AvgIpc) is 2.62. The second-order valence-electron chi connectivity index (χ2n) is 5.04. The van der Waals surface area contributed by atoms with Crippen molar-refractivity contribution < 1.29 is 14.3 Å². The van der Waals surface area contributed by atoms with Gasteiger partial charge in [0.15, 0.2) is 11.5 Å². The highest BCUT2D eigenvalue weighted by Crippen LogP contribution is 2.37. The summed E-state index contributed by atoms with van der Waals surface area (Å²) in [7, 11) is 1.53. The van der Waals surface area contributed by atoms with Crippen LogP contribution in [0.3, 0.4) is 0 Å². The highest BCUT2D eigenvalue weighted by Gasteiger charge is 2.12. The molecule has 6 nitrogen and oxygen atoms in total. The summed E-state index contributed by atoms with van der Waals surface area (Å²) < 4.78 is 11.9. The van der Waals surface area contributed by atoms with Crippen LogP contribution in [0.4, 0.5) is 0 Å². The molecule has 2 rings (SSSR count). The first kappa shape index (κ1) is 19.8. The Labute approximate surface area is 164 Å². The molecule has 134 valence electrons. The molecule has 2 aromatic rings. The maximum atomic E-state index is 11.2. The standard InChI is InChI=1S/C18H15BrClN3O3/c1-25-16-9-12(10-22-23-17(24)6-7-21)8-14(19)18(16)26-11-13-4-2-3-5-15(13)20/h2-5,8-10H,6,11H2,1H3,(H,23,24)/b22-10-. The van der Waals surface area contributed by atoms with E-state index in [2.05, 4.69) is 26.5 Å². The van der Waals surface area contributed by atoms with Gasteiger partial charge in [-0.3, -0.25) is 4.79 Å². The number of carbonyl (C=O) groups excluding carboxylic acids is 1. The first-order valence-corrected chi connectivity index (χ1v) is 8.65. The van der Waals surface area contributed by atoms with Crippen LogP contribution >= 0.6 is 27.5 Å². The van der Waals surface area contributed by atoms with Crippen molar-refractivity contribution in [3.8, 4) is 17.6 Å². The van der Waals surface area contributed by atoms with E-state index < -0.39 is 5.91 Å². The molecule has 0 unspecified atom stereocenters. The van der Waals surface area contributed by atoms with E-state index in [0.29, 0.717) is 26.6 Å². The van der Waals surface area contributed by atoms with Crippen LogP contribution in [0.2, 0.25) is 5.02 Å². The number of ether oxygens (including phenoxy) is 2. The highest BCUT2D eigenvalue weighted by molar-refractivity contribution is 9.10. The van der Waals surface area contributed by atoms with E-state index in [9.17, 15) is 4.79 Å². The zero-order valence-electron chi connectivity index (χ0n) is 13.8. The Hall–Kier alpha value is -2.56. The third kappa shape index (κ3) is 5.48. The van der Waals surface area contributed by atoms with E-state index in [0.717, 1.165) is 5.56 Å². The van der Waals surface area contributed by atoms with Gasteiger partial charge in [-0.2, -0.15) is 10.4 Å². The summed E-state index contributed by atoms with van der Waals surface area (Å²) in [6, 6.07) is 12.6. The molecule has 0 spiro atoms. The number of nitrogens with one attached hydrogen (secondary N) is 1. The minimum absolute atomic E-state index is 0.251. The fourth-order valence-electron chi connectivity index (χ4n) is 2.01. The van der Waals surface area contributed by atoms with E-state index in [1.165, 1.54) is 13.3 Å². The van der Waals surface area contributed by atoms with E-state index in [4.69, 9.17) is 26.3 Å². The summed E-state index contributed by atoms with van der Waals surface area (Å²) in [4.78, 5) is 11.2. The Morgan fingerprint density at radius 1 is 1.42 bits per heavy atom. The predicted octanol–water partition coefficient (Wildman–Crippen LogP) is 4.05. The lowest BCUT2D eigenvalue weighted by Gasteiger charge is -2.14. The number of hydrazone groups is 1. The topological polar surface area (TPSA) is 83.7 Å². The van der Waals surface area contributed by atoms with E-state index in [1.807, 2.05) is 18.2 Å². The normalized spacial score (nSPS) is 10.4. The molecule has 1 amide bonds. The smallest absolute Gasteiger partial charge is 0.254 e. The third-order valence-electron chi connectivity index (χ3n) is 3.22. The zero-order valence-corrected chi connectivity index (χ0v) is 16.2. The van der Waals surface area contributed by atoms with Gasteiger partial charge < -0.3 is 9.47 Å². The van der Waals surface area contributed by atoms with Crippen LogP contribution in [-0.2, 0) is 11.4 Å². The zero-order chi connectivity index (χ0) is 18.9. The first-order chi connectivity index (χ1) is 12.5. The fourth-order valence-corrected chi connectivity index (χ4v) is 2.77. The highest BCUT2D eigenvalue weighted by atomic mass is 79.9. The molecule has 2 aromatic carbocycles. The monoisotopic (exact) mass is 435 g/mol. The Bertz CT molecular complexity index is 865. The van der Waals surface area contributed by atoms with Gasteiger partial charge in [0.2, 0.25) is 0 Å². The Morgan fingerprint density at radius 2 is 2.19 bits per heavy atom. The Kier molecular flexibility index (Phi) is 7.45. The van der Waals surface area contributed by atoms with Gasteiger partial charge in [0.05, 0.1) is 23.9 Å². The quantitative estimate of drug-likeness (QED) is 0.524. The van der Waals surface area contributed by atoms with Gasteiger partial charge in [-0.15, -0.1) is 0 Å². The third-order valence-corrected chi connectivity index (χ3v) is 4.18. The predicted molar refractivity (Wildman–Crippen MR) is 102 cm³/mol. The lowest BCUT2D eigenvalue weighted by Crippen LogP contribution is -2.16. The molecule has 0 aliphatic heterocycles. The Morgan fingerprint density at radius 3 is 2.88 bits per heavy atom. The number of hydrogen-bond donors (Lipinski definition) is 1. The van der Waals surface area contributed by atoms with Crippen LogP contribution in [0, 0.1) is 11.3 Å². The molecule has 1 N–H and O–H groups in total. The number of carbonyl (C=O) groups is 1. The average molecular weight is 437 g/mol. The lowest BCUT2D eigenvalue weighted by atomic mass is 10.2. The molecular formula is C18H15BrClN3O3. The summed E-state index contributed by atoms with van der Waals surface area (Å²) >= 11 is 9.59. The number of hydrogen-bond acceptors (Lipinski definition) is 5. The van der Waals surface area contributed by atoms with Crippen LogP contribution in [0.1, 0.15) is 17.5 Å². The summed E-state index contributed by atoms with van der Waals surface area (Å²) in [5, 5.41) is 12.9. The molecule has 0 radical (unpaired) electrons. The molecule has 0 bridgehead atoms. The number of nitriles is 1. The largest absolute Gasteiger partial charge is 0.493 e. The van der Waals surface area contributed by atoms with Crippen molar-refractivity contribution in [3.05, 3.63) is 57.0 Å². The van der Waals surface area contributed by atoms with Crippen LogP contribution in [0.5, 0.6) is 11.5 Å². The summed E-state index contributed by atoms with van der Waals surface area (Å²) in [6.07, 6.45) is 1.19. The number of benzene rings is 2. The summed E-state index contributed by atoms with van der Waals surface area (Å²) in [5.74, 6) is 0.545. The minimum atomic E-state index is -0.477. The van der Waals surface area contributed by atoms with E-state index in [-0.39, 0.29) is 13.0 Å². The van der Waals surface area contributed by atoms with Gasteiger partial charge in [-0.05, 0) is 39.7 Å². The molecule has 0 fully saturated rings. The molecule has 8 heteroatoms. The van der Waals surface area contributed by atoms with Crippen molar-refractivity contribution in [3.63, 3.8) is 0 Å². The number of rotatable bonds is 7. The van der Waals surface area contributed by atoms with Crippen molar-refractivity contribution in [2.24, 2.45) is 5.10 Å².